The molecular weight excluding hydrogens is 328 g/mol. The van der Waals surface area contributed by atoms with E-state index in [-0.39, 0.29) is 17.9 Å². The number of anilines is 1. The van der Waals surface area contributed by atoms with Gasteiger partial charge in [-0.25, -0.2) is 9.69 Å². The summed E-state index contributed by atoms with van der Waals surface area (Å²) in [4.78, 5) is 28.8. The molecule has 0 N–H and O–H groups in total. The Kier molecular flexibility index (Phi) is 5.11. The number of aryl methyl sites for hydroxylation is 1. The van der Waals surface area contributed by atoms with Crippen LogP contribution in [0.25, 0.3) is 0 Å². The largest absolute Gasteiger partial charge is 0.332 e. The SMILES string of the molecule is CCCCn1ncc(N2C(=O)C(c3ccccc3)N(C)C2=O)c1C(C)C. The van der Waals surface area contributed by atoms with Gasteiger partial charge in [0.25, 0.3) is 5.91 Å². The molecule has 0 bridgehead atoms. The van der Waals surface area contributed by atoms with E-state index < -0.39 is 6.04 Å². The van der Waals surface area contributed by atoms with Gasteiger partial charge in [-0.3, -0.25) is 9.48 Å². The number of hydrogen-bond donors (Lipinski definition) is 0. The molecule has 2 aromatic rings. The van der Waals surface area contributed by atoms with E-state index in [2.05, 4.69) is 25.9 Å². The molecule has 138 valence electrons. The van der Waals surface area contributed by atoms with Gasteiger partial charge in [-0.2, -0.15) is 5.10 Å². The molecule has 1 saturated heterocycles. The van der Waals surface area contributed by atoms with Gasteiger partial charge in [-0.15, -0.1) is 0 Å². The molecule has 1 atom stereocenters. The van der Waals surface area contributed by atoms with Crippen LogP contribution in [0.15, 0.2) is 36.5 Å². The van der Waals surface area contributed by atoms with E-state index in [4.69, 9.17) is 0 Å². The van der Waals surface area contributed by atoms with Crippen molar-refractivity contribution in [3.63, 3.8) is 0 Å². The Labute approximate surface area is 154 Å². The first-order valence-corrected chi connectivity index (χ1v) is 9.18. The Hall–Kier alpha value is -2.63. The summed E-state index contributed by atoms with van der Waals surface area (Å²) in [5.74, 6) is -0.0633. The third-order valence-electron chi connectivity index (χ3n) is 4.82. The van der Waals surface area contributed by atoms with Crippen molar-refractivity contribution in [2.75, 3.05) is 11.9 Å². The van der Waals surface area contributed by atoms with Gasteiger partial charge in [0.1, 0.15) is 6.04 Å². The average molecular weight is 354 g/mol. The molecular formula is C20H26N4O2. The van der Waals surface area contributed by atoms with Crippen LogP contribution >= 0.6 is 0 Å². The lowest BCUT2D eigenvalue weighted by molar-refractivity contribution is -0.119. The van der Waals surface area contributed by atoms with E-state index in [1.54, 1.807) is 13.2 Å². The number of carbonyl (C=O) groups excluding carboxylic acids is 2. The fourth-order valence-electron chi connectivity index (χ4n) is 3.51. The Balaban J connectivity index is 2.00. The number of hydrogen-bond acceptors (Lipinski definition) is 3. The molecule has 3 amide bonds. The number of urea groups is 1. The van der Waals surface area contributed by atoms with Crippen molar-refractivity contribution in [2.24, 2.45) is 0 Å². The molecule has 6 heteroatoms. The molecule has 1 fully saturated rings. The number of nitrogens with zero attached hydrogens (tertiary/aromatic N) is 4. The normalized spacial score (nSPS) is 17.7. The van der Waals surface area contributed by atoms with E-state index in [1.165, 1.54) is 9.80 Å². The maximum atomic E-state index is 13.2. The summed E-state index contributed by atoms with van der Waals surface area (Å²) < 4.78 is 1.93. The average Bonchev–Trinajstić information content (AvgIpc) is 3.13. The third kappa shape index (κ3) is 3.00. The van der Waals surface area contributed by atoms with E-state index in [1.807, 2.05) is 35.0 Å². The van der Waals surface area contributed by atoms with Crippen molar-refractivity contribution >= 4 is 17.6 Å². The van der Waals surface area contributed by atoms with Crippen molar-refractivity contribution in [3.05, 3.63) is 47.8 Å². The second-order valence-electron chi connectivity index (χ2n) is 7.03. The molecule has 0 saturated carbocycles. The van der Waals surface area contributed by atoms with Gasteiger partial charge in [0.2, 0.25) is 0 Å². The summed E-state index contributed by atoms with van der Waals surface area (Å²) in [5, 5.41) is 4.46. The standard InChI is InChI=1S/C20H26N4O2/c1-5-6-12-23-17(14(2)3)16(13-21-23)24-19(25)18(22(4)20(24)26)15-10-8-7-9-11-15/h7-11,13-14,18H,5-6,12H2,1-4H3. The van der Waals surface area contributed by atoms with E-state index in [9.17, 15) is 9.59 Å². The molecule has 3 rings (SSSR count). The molecule has 1 aliphatic rings. The molecule has 2 heterocycles. The zero-order chi connectivity index (χ0) is 18.8. The molecule has 0 spiro atoms. The fraction of sp³-hybridized carbons (Fsp3) is 0.450. The molecule has 1 aromatic heterocycles. The maximum Gasteiger partial charge on any atom is 0.332 e. The summed E-state index contributed by atoms with van der Waals surface area (Å²) in [7, 11) is 1.68. The van der Waals surface area contributed by atoms with E-state index in [0.29, 0.717) is 5.69 Å². The number of aromatic nitrogens is 2. The minimum absolute atomic E-state index is 0.158. The summed E-state index contributed by atoms with van der Waals surface area (Å²) in [6.45, 7) is 7.04. The maximum absolute atomic E-state index is 13.2. The van der Waals surface area contributed by atoms with Gasteiger partial charge in [0, 0.05) is 13.6 Å². The predicted molar refractivity (Wildman–Crippen MR) is 101 cm³/mol. The lowest BCUT2D eigenvalue weighted by atomic mass is 10.1. The van der Waals surface area contributed by atoms with Crippen LogP contribution in [0.2, 0.25) is 0 Å². The van der Waals surface area contributed by atoms with Gasteiger partial charge >= 0.3 is 6.03 Å². The van der Waals surface area contributed by atoms with Crippen LogP contribution in [-0.2, 0) is 11.3 Å². The van der Waals surface area contributed by atoms with Crippen LogP contribution in [0, 0.1) is 0 Å². The van der Waals surface area contributed by atoms with Gasteiger partial charge in [0.05, 0.1) is 17.6 Å². The second kappa shape index (κ2) is 7.32. The summed E-state index contributed by atoms with van der Waals surface area (Å²) in [6.07, 6.45) is 3.73. The number of carbonyl (C=O) groups is 2. The van der Waals surface area contributed by atoms with Crippen LogP contribution in [0.3, 0.4) is 0 Å². The topological polar surface area (TPSA) is 58.4 Å². The molecule has 0 radical (unpaired) electrons. The van der Waals surface area contributed by atoms with E-state index >= 15 is 0 Å². The van der Waals surface area contributed by atoms with Gasteiger partial charge in [-0.1, -0.05) is 57.5 Å². The lowest BCUT2D eigenvalue weighted by Crippen LogP contribution is -2.32. The molecule has 0 aliphatic carbocycles. The number of amides is 3. The van der Waals surface area contributed by atoms with Crippen molar-refractivity contribution in [2.45, 2.75) is 52.1 Å². The molecule has 1 unspecified atom stereocenters. The van der Waals surface area contributed by atoms with Crippen molar-refractivity contribution in [1.29, 1.82) is 0 Å². The monoisotopic (exact) mass is 354 g/mol. The third-order valence-corrected chi connectivity index (χ3v) is 4.82. The number of benzene rings is 1. The quantitative estimate of drug-likeness (QED) is 0.738. The van der Waals surface area contributed by atoms with Crippen molar-refractivity contribution in [3.8, 4) is 0 Å². The Morgan fingerprint density at radius 2 is 1.85 bits per heavy atom. The van der Waals surface area contributed by atoms with Crippen molar-refractivity contribution in [1.82, 2.24) is 14.7 Å². The van der Waals surface area contributed by atoms with Gasteiger partial charge in [0.15, 0.2) is 0 Å². The Morgan fingerprint density at radius 3 is 2.46 bits per heavy atom. The Morgan fingerprint density at radius 1 is 1.15 bits per heavy atom. The van der Waals surface area contributed by atoms with Crippen LogP contribution in [-0.4, -0.2) is 33.7 Å². The van der Waals surface area contributed by atoms with Crippen molar-refractivity contribution < 1.29 is 9.59 Å². The lowest BCUT2D eigenvalue weighted by Gasteiger charge is -2.17. The van der Waals surface area contributed by atoms with Crippen LogP contribution in [0.4, 0.5) is 10.5 Å². The minimum atomic E-state index is -0.595. The first-order chi connectivity index (χ1) is 12.5. The summed E-state index contributed by atoms with van der Waals surface area (Å²) in [5.41, 5.74) is 2.36. The van der Waals surface area contributed by atoms with Crippen LogP contribution in [0.5, 0.6) is 0 Å². The molecule has 1 aliphatic heterocycles. The zero-order valence-electron chi connectivity index (χ0n) is 15.8. The number of likely N-dealkylation sites (N-methyl/N-ethyl adjacent to an activating group) is 1. The minimum Gasteiger partial charge on any atom is -0.311 e. The highest BCUT2D eigenvalue weighted by molar-refractivity contribution is 6.21. The molecule has 1 aromatic carbocycles. The summed E-state index contributed by atoms with van der Waals surface area (Å²) >= 11 is 0. The molecule has 26 heavy (non-hydrogen) atoms. The van der Waals surface area contributed by atoms with Crippen LogP contribution < -0.4 is 4.90 Å². The van der Waals surface area contributed by atoms with Crippen LogP contribution in [0.1, 0.15) is 56.8 Å². The number of imide groups is 1. The van der Waals surface area contributed by atoms with Gasteiger partial charge in [-0.05, 0) is 17.9 Å². The predicted octanol–water partition coefficient (Wildman–Crippen LogP) is 3.95. The second-order valence-corrected chi connectivity index (χ2v) is 7.03. The van der Waals surface area contributed by atoms with E-state index in [0.717, 1.165) is 30.6 Å². The number of rotatable bonds is 6. The highest BCUT2D eigenvalue weighted by Crippen LogP contribution is 2.36. The smallest absolute Gasteiger partial charge is 0.311 e. The highest BCUT2D eigenvalue weighted by atomic mass is 16.2. The first-order valence-electron chi connectivity index (χ1n) is 9.18. The first kappa shape index (κ1) is 18.2. The highest BCUT2D eigenvalue weighted by Gasteiger charge is 2.46. The summed E-state index contributed by atoms with van der Waals surface area (Å²) in [6, 6.07) is 8.52. The number of unbranched alkanes of at least 4 members (excludes halogenated alkanes) is 1. The zero-order valence-corrected chi connectivity index (χ0v) is 15.8. The molecule has 6 nitrogen and oxygen atoms in total. The van der Waals surface area contributed by atoms with Gasteiger partial charge < -0.3 is 4.90 Å². The Bertz CT molecular complexity index is 797. The fourth-order valence-corrected chi connectivity index (χ4v) is 3.51.